The normalized spacial score (nSPS) is 11.4. The fourth-order valence-electron chi connectivity index (χ4n) is 1.58. The van der Waals surface area contributed by atoms with E-state index in [1.54, 1.807) is 6.20 Å². The van der Waals surface area contributed by atoms with Crippen molar-refractivity contribution in [2.24, 2.45) is 0 Å². The van der Waals surface area contributed by atoms with Gasteiger partial charge in [0.1, 0.15) is 12.4 Å². The molecule has 0 saturated carbocycles. The number of anilines is 1. The molecule has 0 fully saturated rings. The van der Waals surface area contributed by atoms with Crippen LogP contribution in [0.4, 0.5) is 18.3 Å². The van der Waals surface area contributed by atoms with Crippen LogP contribution in [0.25, 0.3) is 0 Å². The number of rotatable bonds is 6. The molecule has 3 nitrogen and oxygen atoms in total. The van der Waals surface area contributed by atoms with Crippen LogP contribution in [-0.4, -0.2) is 11.5 Å². The van der Waals surface area contributed by atoms with Crippen molar-refractivity contribution in [3.63, 3.8) is 0 Å². The molecule has 21 heavy (non-hydrogen) atoms. The Morgan fingerprint density at radius 2 is 1.95 bits per heavy atom. The average molecular weight is 316 g/mol. The van der Waals surface area contributed by atoms with Crippen molar-refractivity contribution >= 4 is 16.5 Å². The van der Waals surface area contributed by atoms with E-state index in [0.717, 1.165) is 35.1 Å². The minimum Gasteiger partial charge on any atom is -0.488 e. The predicted octanol–water partition coefficient (Wildman–Crippen LogP) is 4.56. The van der Waals surface area contributed by atoms with E-state index in [4.69, 9.17) is 4.74 Å². The fourth-order valence-corrected chi connectivity index (χ4v) is 2.33. The Kier molecular flexibility index (Phi) is 5.06. The number of ether oxygens (including phenoxy) is 1. The van der Waals surface area contributed by atoms with Gasteiger partial charge < -0.3 is 10.1 Å². The maximum atomic E-state index is 12.4. The van der Waals surface area contributed by atoms with E-state index in [0.29, 0.717) is 5.75 Å². The third-order valence-corrected chi connectivity index (χ3v) is 3.57. The van der Waals surface area contributed by atoms with Crippen molar-refractivity contribution in [2.45, 2.75) is 26.1 Å². The second kappa shape index (κ2) is 6.80. The SMILES string of the molecule is CCCNc1ncc(COc2ccc(C(F)(F)F)cc2)s1. The van der Waals surface area contributed by atoms with E-state index in [9.17, 15) is 13.2 Å². The monoisotopic (exact) mass is 316 g/mol. The van der Waals surface area contributed by atoms with Gasteiger partial charge in [-0.25, -0.2) is 4.98 Å². The van der Waals surface area contributed by atoms with Gasteiger partial charge in [-0.3, -0.25) is 0 Å². The minimum atomic E-state index is -4.32. The van der Waals surface area contributed by atoms with Gasteiger partial charge in [0.05, 0.1) is 10.4 Å². The zero-order valence-electron chi connectivity index (χ0n) is 11.4. The molecule has 7 heteroatoms. The van der Waals surface area contributed by atoms with Crippen LogP contribution in [0.2, 0.25) is 0 Å². The van der Waals surface area contributed by atoms with Gasteiger partial charge >= 0.3 is 6.18 Å². The van der Waals surface area contributed by atoms with E-state index in [-0.39, 0.29) is 6.61 Å². The molecular formula is C14H15F3N2OS. The summed E-state index contributed by atoms with van der Waals surface area (Å²) in [6.45, 7) is 3.21. The summed E-state index contributed by atoms with van der Waals surface area (Å²) in [5.41, 5.74) is -0.682. The van der Waals surface area contributed by atoms with E-state index < -0.39 is 11.7 Å². The van der Waals surface area contributed by atoms with E-state index in [2.05, 4.69) is 17.2 Å². The van der Waals surface area contributed by atoms with Gasteiger partial charge in [0.2, 0.25) is 0 Å². The van der Waals surface area contributed by atoms with Crippen LogP contribution in [0.1, 0.15) is 23.8 Å². The smallest absolute Gasteiger partial charge is 0.416 e. The lowest BCUT2D eigenvalue weighted by molar-refractivity contribution is -0.137. The zero-order valence-corrected chi connectivity index (χ0v) is 12.2. The second-order valence-corrected chi connectivity index (χ2v) is 5.48. The molecule has 0 radical (unpaired) electrons. The highest BCUT2D eigenvalue weighted by Gasteiger charge is 2.29. The number of hydrogen-bond acceptors (Lipinski definition) is 4. The van der Waals surface area contributed by atoms with Crippen LogP contribution in [-0.2, 0) is 12.8 Å². The number of halogens is 3. The van der Waals surface area contributed by atoms with Gasteiger partial charge in [-0.05, 0) is 30.7 Å². The highest BCUT2D eigenvalue weighted by Crippen LogP contribution is 2.30. The van der Waals surface area contributed by atoms with E-state index >= 15 is 0 Å². The Morgan fingerprint density at radius 1 is 1.24 bits per heavy atom. The highest BCUT2D eigenvalue weighted by atomic mass is 32.1. The van der Waals surface area contributed by atoms with E-state index in [1.807, 2.05) is 0 Å². The van der Waals surface area contributed by atoms with Gasteiger partial charge in [0.25, 0.3) is 0 Å². The number of nitrogens with one attached hydrogen (secondary N) is 1. The first-order chi connectivity index (χ1) is 9.99. The summed E-state index contributed by atoms with van der Waals surface area (Å²) >= 11 is 1.47. The van der Waals surface area contributed by atoms with Gasteiger partial charge in [0.15, 0.2) is 5.13 Å². The summed E-state index contributed by atoms with van der Waals surface area (Å²) in [6, 6.07) is 4.66. The number of thiazole rings is 1. The molecule has 1 aromatic carbocycles. The lowest BCUT2D eigenvalue weighted by Crippen LogP contribution is -2.04. The number of hydrogen-bond donors (Lipinski definition) is 1. The Bertz CT molecular complexity index is 566. The first-order valence-electron chi connectivity index (χ1n) is 6.47. The Morgan fingerprint density at radius 3 is 2.57 bits per heavy atom. The van der Waals surface area contributed by atoms with Crippen LogP contribution in [0.5, 0.6) is 5.75 Å². The average Bonchev–Trinajstić information content (AvgIpc) is 2.90. The number of alkyl halides is 3. The lowest BCUT2D eigenvalue weighted by Gasteiger charge is -2.08. The Labute approximate surface area is 124 Å². The first-order valence-corrected chi connectivity index (χ1v) is 7.29. The number of benzene rings is 1. The predicted molar refractivity (Wildman–Crippen MR) is 76.7 cm³/mol. The standard InChI is InChI=1S/C14H15F3N2OS/c1-2-7-18-13-19-8-12(21-13)9-20-11-5-3-10(4-6-11)14(15,16)17/h3-6,8H,2,7,9H2,1H3,(H,18,19). The molecule has 0 amide bonds. The summed E-state index contributed by atoms with van der Waals surface area (Å²) in [6.07, 6.45) is -1.61. The van der Waals surface area contributed by atoms with Gasteiger partial charge in [-0.2, -0.15) is 13.2 Å². The van der Waals surface area contributed by atoms with Crippen LogP contribution >= 0.6 is 11.3 Å². The molecule has 0 atom stereocenters. The Hall–Kier alpha value is -1.76. The van der Waals surface area contributed by atoms with Crippen molar-refractivity contribution in [3.8, 4) is 5.75 Å². The van der Waals surface area contributed by atoms with Crippen LogP contribution in [0, 0.1) is 0 Å². The maximum Gasteiger partial charge on any atom is 0.416 e. The van der Waals surface area contributed by atoms with Crippen LogP contribution in [0.15, 0.2) is 30.5 Å². The van der Waals surface area contributed by atoms with Crippen molar-refractivity contribution in [1.82, 2.24) is 4.98 Å². The maximum absolute atomic E-state index is 12.4. The number of nitrogens with zero attached hydrogens (tertiary/aromatic N) is 1. The molecule has 0 saturated heterocycles. The minimum absolute atomic E-state index is 0.289. The molecule has 0 bridgehead atoms. The molecule has 1 aromatic heterocycles. The molecule has 0 spiro atoms. The zero-order chi connectivity index (χ0) is 15.3. The quantitative estimate of drug-likeness (QED) is 0.848. The fraction of sp³-hybridized carbons (Fsp3) is 0.357. The van der Waals surface area contributed by atoms with Crippen molar-refractivity contribution in [1.29, 1.82) is 0 Å². The molecule has 2 rings (SSSR count). The molecule has 1 N–H and O–H groups in total. The molecule has 0 aliphatic rings. The number of aromatic nitrogens is 1. The van der Waals surface area contributed by atoms with Gasteiger partial charge in [-0.1, -0.05) is 18.3 Å². The summed E-state index contributed by atoms with van der Waals surface area (Å²) < 4.78 is 42.7. The topological polar surface area (TPSA) is 34.2 Å². The summed E-state index contributed by atoms with van der Waals surface area (Å²) in [5, 5.41) is 3.99. The van der Waals surface area contributed by atoms with Crippen molar-refractivity contribution < 1.29 is 17.9 Å². The molecule has 0 aliphatic carbocycles. The highest BCUT2D eigenvalue weighted by molar-refractivity contribution is 7.15. The first kappa shape index (κ1) is 15.6. The molecule has 0 aliphatic heterocycles. The largest absolute Gasteiger partial charge is 0.488 e. The molecular weight excluding hydrogens is 301 g/mol. The lowest BCUT2D eigenvalue weighted by atomic mass is 10.2. The summed E-state index contributed by atoms with van der Waals surface area (Å²) in [5.74, 6) is 0.402. The van der Waals surface area contributed by atoms with Crippen molar-refractivity contribution in [3.05, 3.63) is 40.9 Å². The summed E-state index contributed by atoms with van der Waals surface area (Å²) in [4.78, 5) is 5.10. The third kappa shape index (κ3) is 4.63. The van der Waals surface area contributed by atoms with Crippen molar-refractivity contribution in [2.75, 3.05) is 11.9 Å². The van der Waals surface area contributed by atoms with Crippen LogP contribution < -0.4 is 10.1 Å². The van der Waals surface area contributed by atoms with Crippen LogP contribution in [0.3, 0.4) is 0 Å². The summed E-state index contributed by atoms with van der Waals surface area (Å²) in [7, 11) is 0. The molecule has 2 aromatic rings. The Balaban J connectivity index is 1.89. The third-order valence-electron chi connectivity index (χ3n) is 2.64. The second-order valence-electron chi connectivity index (χ2n) is 4.37. The van der Waals surface area contributed by atoms with Gasteiger partial charge in [-0.15, -0.1) is 0 Å². The molecule has 114 valence electrons. The van der Waals surface area contributed by atoms with Gasteiger partial charge in [0, 0.05) is 12.7 Å². The van der Waals surface area contributed by atoms with E-state index in [1.165, 1.54) is 23.5 Å². The molecule has 0 unspecified atom stereocenters. The molecule has 1 heterocycles.